The first-order chi connectivity index (χ1) is 18.8. The number of hydrogen-bond acceptors (Lipinski definition) is 5. The van der Waals surface area contributed by atoms with Gasteiger partial charge in [0.25, 0.3) is 5.91 Å². The number of carbonyl (C=O) groups excluding carboxylic acids is 3. The SMILES string of the molecule is O=C(NC(CCF)CCF)[C@H](c1ccccc1Cl)N(C(=O)[C@@H]1CCC(=O)N1c1nccs1)c1cccc(F)c1. The lowest BCUT2D eigenvalue weighted by Gasteiger charge is -2.36. The van der Waals surface area contributed by atoms with Crippen molar-refractivity contribution in [2.75, 3.05) is 23.1 Å². The van der Waals surface area contributed by atoms with Crippen LogP contribution in [0.5, 0.6) is 0 Å². The van der Waals surface area contributed by atoms with Gasteiger partial charge in [0, 0.05) is 40.3 Å². The van der Waals surface area contributed by atoms with E-state index in [0.717, 1.165) is 11.0 Å². The maximum Gasteiger partial charge on any atom is 0.251 e. The average molecular weight is 579 g/mol. The molecule has 206 valence electrons. The minimum Gasteiger partial charge on any atom is -0.351 e. The zero-order valence-electron chi connectivity index (χ0n) is 20.7. The maximum absolute atomic E-state index is 14.5. The Balaban J connectivity index is 1.84. The topological polar surface area (TPSA) is 82.6 Å². The lowest BCUT2D eigenvalue weighted by molar-refractivity contribution is -0.127. The molecule has 0 spiro atoms. The molecule has 0 bridgehead atoms. The van der Waals surface area contributed by atoms with Gasteiger partial charge in [-0.2, -0.15) is 0 Å². The Kier molecular flexibility index (Phi) is 9.58. The van der Waals surface area contributed by atoms with Crippen molar-refractivity contribution in [3.05, 3.63) is 76.5 Å². The van der Waals surface area contributed by atoms with E-state index < -0.39 is 49.1 Å². The molecule has 12 heteroatoms. The Labute approximate surface area is 232 Å². The Morgan fingerprint density at radius 1 is 1.15 bits per heavy atom. The molecule has 3 amide bonds. The molecule has 4 rings (SSSR count). The van der Waals surface area contributed by atoms with Crippen LogP contribution in [0.25, 0.3) is 0 Å². The van der Waals surface area contributed by atoms with Crippen molar-refractivity contribution in [3.8, 4) is 0 Å². The number of halogens is 4. The molecule has 7 nitrogen and oxygen atoms in total. The van der Waals surface area contributed by atoms with Gasteiger partial charge in [0.2, 0.25) is 11.8 Å². The standard InChI is InChI=1S/C27H26ClF3N4O3S/c28-21-7-2-1-6-20(21)24(25(37)33-18(10-12-29)11-13-30)34(19-5-3-4-17(31)16-19)26(38)22-8-9-23(36)35(22)27-32-14-15-39-27/h1-7,14-16,18,22,24H,8-13H2,(H,33,37)/t22-,24-/m0/s1. The monoisotopic (exact) mass is 578 g/mol. The number of alkyl halides is 2. The quantitative estimate of drug-likeness (QED) is 0.330. The largest absolute Gasteiger partial charge is 0.351 e. The predicted molar refractivity (Wildman–Crippen MR) is 144 cm³/mol. The maximum atomic E-state index is 14.5. The molecule has 1 N–H and O–H groups in total. The van der Waals surface area contributed by atoms with Crippen molar-refractivity contribution < 1.29 is 27.6 Å². The highest BCUT2D eigenvalue weighted by molar-refractivity contribution is 7.13. The smallest absolute Gasteiger partial charge is 0.251 e. The Hall–Kier alpha value is -3.44. The predicted octanol–water partition coefficient (Wildman–Crippen LogP) is 5.41. The van der Waals surface area contributed by atoms with Crippen LogP contribution in [0.2, 0.25) is 5.02 Å². The molecule has 0 aliphatic carbocycles. The summed E-state index contributed by atoms with van der Waals surface area (Å²) in [4.78, 5) is 47.6. The van der Waals surface area contributed by atoms with Gasteiger partial charge in [-0.15, -0.1) is 11.3 Å². The van der Waals surface area contributed by atoms with Crippen LogP contribution in [0, 0.1) is 5.82 Å². The first-order valence-corrected chi connectivity index (χ1v) is 13.6. The number of hydrogen-bond donors (Lipinski definition) is 1. The number of anilines is 2. The fourth-order valence-corrected chi connectivity index (χ4v) is 5.56. The Bertz CT molecular complexity index is 1310. The lowest BCUT2D eigenvalue weighted by atomic mass is 10.00. The molecular weight excluding hydrogens is 553 g/mol. The molecule has 0 radical (unpaired) electrons. The van der Waals surface area contributed by atoms with Crippen molar-refractivity contribution in [2.45, 2.75) is 43.8 Å². The van der Waals surface area contributed by atoms with Gasteiger partial charge in [-0.1, -0.05) is 35.9 Å². The van der Waals surface area contributed by atoms with Crippen molar-refractivity contribution >= 4 is 51.5 Å². The highest BCUT2D eigenvalue weighted by Gasteiger charge is 2.44. The number of aromatic nitrogens is 1. The van der Waals surface area contributed by atoms with Crippen LogP contribution in [-0.4, -0.2) is 48.1 Å². The zero-order valence-corrected chi connectivity index (χ0v) is 22.3. The highest BCUT2D eigenvalue weighted by atomic mass is 35.5. The summed E-state index contributed by atoms with van der Waals surface area (Å²) in [6, 6.07) is 8.17. The zero-order chi connectivity index (χ0) is 27.9. The molecular formula is C27H26ClF3N4O3S. The molecule has 2 atom stereocenters. The second-order valence-corrected chi connectivity index (χ2v) is 10.2. The first-order valence-electron chi connectivity index (χ1n) is 12.3. The van der Waals surface area contributed by atoms with Crippen LogP contribution in [0.1, 0.15) is 37.3 Å². The molecule has 1 aliphatic heterocycles. The third kappa shape index (κ3) is 6.42. The van der Waals surface area contributed by atoms with E-state index in [2.05, 4.69) is 10.3 Å². The van der Waals surface area contributed by atoms with Gasteiger partial charge in [-0.25, -0.2) is 9.37 Å². The summed E-state index contributed by atoms with van der Waals surface area (Å²) in [5, 5.41) is 4.79. The van der Waals surface area contributed by atoms with Crippen molar-refractivity contribution in [2.24, 2.45) is 0 Å². The van der Waals surface area contributed by atoms with E-state index >= 15 is 0 Å². The highest BCUT2D eigenvalue weighted by Crippen LogP contribution is 2.36. The molecule has 2 aromatic carbocycles. The van der Waals surface area contributed by atoms with Crippen LogP contribution in [0.15, 0.2) is 60.1 Å². The van der Waals surface area contributed by atoms with E-state index in [1.165, 1.54) is 46.7 Å². The Morgan fingerprint density at radius 2 is 1.90 bits per heavy atom. The number of rotatable bonds is 11. The number of nitrogens with zero attached hydrogens (tertiary/aromatic N) is 3. The summed E-state index contributed by atoms with van der Waals surface area (Å²) in [5.41, 5.74) is 0.268. The number of nitrogens with one attached hydrogen (secondary N) is 1. The van der Waals surface area contributed by atoms with E-state index in [1.807, 2.05) is 0 Å². The van der Waals surface area contributed by atoms with E-state index in [4.69, 9.17) is 11.6 Å². The molecule has 0 saturated carbocycles. The van der Waals surface area contributed by atoms with Crippen molar-refractivity contribution in [1.29, 1.82) is 0 Å². The summed E-state index contributed by atoms with van der Waals surface area (Å²) < 4.78 is 40.8. The summed E-state index contributed by atoms with van der Waals surface area (Å²) in [6.45, 7) is -1.58. The van der Waals surface area contributed by atoms with E-state index in [-0.39, 0.29) is 47.9 Å². The molecule has 0 unspecified atom stereocenters. The molecule has 1 aliphatic rings. The van der Waals surface area contributed by atoms with Crippen molar-refractivity contribution in [3.63, 3.8) is 0 Å². The average Bonchev–Trinajstić information content (AvgIpc) is 3.57. The fraction of sp³-hybridized carbons (Fsp3) is 0.333. The molecule has 1 fully saturated rings. The Morgan fingerprint density at radius 3 is 2.54 bits per heavy atom. The molecule has 3 aromatic rings. The fourth-order valence-electron chi connectivity index (χ4n) is 4.61. The summed E-state index contributed by atoms with van der Waals surface area (Å²) in [5.74, 6) is -2.38. The second kappa shape index (κ2) is 13.1. The van der Waals surface area contributed by atoms with E-state index in [1.54, 1.807) is 23.6 Å². The van der Waals surface area contributed by atoms with Crippen molar-refractivity contribution in [1.82, 2.24) is 10.3 Å². The minimum absolute atomic E-state index is 0.0473. The van der Waals surface area contributed by atoms with Crippen LogP contribution < -0.4 is 15.1 Å². The van der Waals surface area contributed by atoms with Gasteiger partial charge in [0.15, 0.2) is 5.13 Å². The van der Waals surface area contributed by atoms with Gasteiger partial charge in [-0.3, -0.25) is 33.0 Å². The third-order valence-corrected chi connectivity index (χ3v) is 7.53. The summed E-state index contributed by atoms with van der Waals surface area (Å²) >= 11 is 7.68. The summed E-state index contributed by atoms with van der Waals surface area (Å²) in [6.07, 6.45) is 1.46. The van der Waals surface area contributed by atoms with Crippen LogP contribution in [-0.2, 0) is 14.4 Å². The minimum atomic E-state index is -1.44. The number of carbonyl (C=O) groups is 3. The van der Waals surface area contributed by atoms with Crippen LogP contribution in [0.3, 0.4) is 0 Å². The molecule has 2 heterocycles. The normalized spacial score (nSPS) is 16.0. The van der Waals surface area contributed by atoms with Gasteiger partial charge in [-0.05, 0) is 43.5 Å². The molecule has 1 saturated heterocycles. The van der Waals surface area contributed by atoms with E-state index in [0.29, 0.717) is 5.13 Å². The third-order valence-electron chi connectivity index (χ3n) is 6.41. The van der Waals surface area contributed by atoms with Gasteiger partial charge in [0.05, 0.1) is 13.3 Å². The number of thiazole rings is 1. The van der Waals surface area contributed by atoms with Gasteiger partial charge >= 0.3 is 0 Å². The van der Waals surface area contributed by atoms with E-state index in [9.17, 15) is 27.6 Å². The van der Waals surface area contributed by atoms with Gasteiger partial charge < -0.3 is 5.32 Å². The van der Waals surface area contributed by atoms with Crippen LogP contribution in [0.4, 0.5) is 24.0 Å². The molecule has 1 aromatic heterocycles. The second-order valence-electron chi connectivity index (χ2n) is 8.91. The summed E-state index contributed by atoms with van der Waals surface area (Å²) in [7, 11) is 0. The molecule has 39 heavy (non-hydrogen) atoms. The number of amides is 3. The van der Waals surface area contributed by atoms with Crippen LogP contribution >= 0.6 is 22.9 Å². The number of benzene rings is 2. The van der Waals surface area contributed by atoms with Gasteiger partial charge in [0.1, 0.15) is 17.9 Å². The lowest BCUT2D eigenvalue weighted by Crippen LogP contribution is -2.53. The first kappa shape index (κ1) is 28.6.